The lowest BCUT2D eigenvalue weighted by molar-refractivity contribution is -0.122. The molecular formula is C12H24N2O2. The van der Waals surface area contributed by atoms with E-state index in [1.165, 1.54) is 12.8 Å². The van der Waals surface area contributed by atoms with Gasteiger partial charge in [0.25, 0.3) is 0 Å². The zero-order valence-electron chi connectivity index (χ0n) is 10.3. The minimum atomic E-state index is 0.0996. The van der Waals surface area contributed by atoms with Crippen molar-refractivity contribution in [2.75, 3.05) is 26.3 Å². The Morgan fingerprint density at radius 1 is 1.31 bits per heavy atom. The SMILES string of the molecule is CCCOCCC(=O)NCCCNC1CC1. The lowest BCUT2D eigenvalue weighted by Gasteiger charge is -2.06. The molecule has 16 heavy (non-hydrogen) atoms. The van der Waals surface area contributed by atoms with Crippen molar-refractivity contribution in [1.82, 2.24) is 10.6 Å². The number of hydrogen-bond acceptors (Lipinski definition) is 3. The smallest absolute Gasteiger partial charge is 0.222 e. The van der Waals surface area contributed by atoms with Gasteiger partial charge in [-0.1, -0.05) is 6.92 Å². The van der Waals surface area contributed by atoms with Crippen molar-refractivity contribution in [3.63, 3.8) is 0 Å². The van der Waals surface area contributed by atoms with E-state index in [4.69, 9.17) is 4.74 Å². The third-order valence-electron chi connectivity index (χ3n) is 2.51. The van der Waals surface area contributed by atoms with E-state index < -0.39 is 0 Å². The number of amides is 1. The van der Waals surface area contributed by atoms with Crippen LogP contribution in [0.2, 0.25) is 0 Å². The molecule has 2 N–H and O–H groups in total. The maximum absolute atomic E-state index is 11.3. The van der Waals surface area contributed by atoms with Crippen LogP contribution in [0.25, 0.3) is 0 Å². The highest BCUT2D eigenvalue weighted by Crippen LogP contribution is 2.18. The summed E-state index contributed by atoms with van der Waals surface area (Å²) in [6, 6.07) is 0.762. The van der Waals surface area contributed by atoms with Crippen molar-refractivity contribution in [3.8, 4) is 0 Å². The van der Waals surface area contributed by atoms with Crippen LogP contribution in [0.15, 0.2) is 0 Å². The van der Waals surface area contributed by atoms with Crippen molar-refractivity contribution in [2.24, 2.45) is 0 Å². The molecule has 0 spiro atoms. The molecule has 1 aliphatic carbocycles. The summed E-state index contributed by atoms with van der Waals surface area (Å²) in [4.78, 5) is 11.3. The standard InChI is InChI=1S/C12H24N2O2/c1-2-9-16-10-6-12(15)14-8-3-7-13-11-4-5-11/h11,13H,2-10H2,1H3,(H,14,15). The van der Waals surface area contributed by atoms with E-state index in [9.17, 15) is 4.79 Å². The summed E-state index contributed by atoms with van der Waals surface area (Å²) in [7, 11) is 0. The molecular weight excluding hydrogens is 204 g/mol. The molecule has 94 valence electrons. The normalized spacial score (nSPS) is 15.1. The molecule has 0 atom stereocenters. The van der Waals surface area contributed by atoms with Gasteiger partial charge in [0.15, 0.2) is 0 Å². The van der Waals surface area contributed by atoms with E-state index in [0.717, 1.165) is 38.6 Å². The Hall–Kier alpha value is -0.610. The van der Waals surface area contributed by atoms with Crippen LogP contribution in [0.4, 0.5) is 0 Å². The van der Waals surface area contributed by atoms with Crippen molar-refractivity contribution in [2.45, 2.75) is 45.1 Å². The maximum atomic E-state index is 11.3. The summed E-state index contributed by atoms with van der Waals surface area (Å²) in [5.74, 6) is 0.0996. The van der Waals surface area contributed by atoms with E-state index in [-0.39, 0.29) is 5.91 Å². The zero-order chi connectivity index (χ0) is 11.6. The topological polar surface area (TPSA) is 50.4 Å². The lowest BCUT2D eigenvalue weighted by atomic mass is 10.3. The predicted molar refractivity (Wildman–Crippen MR) is 64.4 cm³/mol. The third kappa shape index (κ3) is 7.65. The van der Waals surface area contributed by atoms with E-state index in [2.05, 4.69) is 17.6 Å². The second-order valence-corrected chi connectivity index (χ2v) is 4.29. The Kier molecular flexibility index (Phi) is 7.17. The van der Waals surface area contributed by atoms with Gasteiger partial charge >= 0.3 is 0 Å². The quantitative estimate of drug-likeness (QED) is 0.550. The van der Waals surface area contributed by atoms with Gasteiger partial charge in [-0.15, -0.1) is 0 Å². The van der Waals surface area contributed by atoms with Crippen LogP contribution in [0.3, 0.4) is 0 Å². The molecule has 0 aliphatic heterocycles. The van der Waals surface area contributed by atoms with Crippen molar-refractivity contribution < 1.29 is 9.53 Å². The molecule has 0 aromatic heterocycles. The van der Waals surface area contributed by atoms with Crippen LogP contribution < -0.4 is 10.6 Å². The molecule has 0 aromatic carbocycles. The second-order valence-electron chi connectivity index (χ2n) is 4.29. The first-order chi connectivity index (χ1) is 7.83. The summed E-state index contributed by atoms with van der Waals surface area (Å²) >= 11 is 0. The summed E-state index contributed by atoms with van der Waals surface area (Å²) in [5.41, 5.74) is 0. The molecule has 0 unspecified atom stereocenters. The summed E-state index contributed by atoms with van der Waals surface area (Å²) in [6.45, 7) is 5.13. The number of carbonyl (C=O) groups is 1. The van der Waals surface area contributed by atoms with Gasteiger partial charge in [-0.05, 0) is 32.2 Å². The van der Waals surface area contributed by atoms with Gasteiger partial charge in [-0.3, -0.25) is 4.79 Å². The number of hydrogen-bond donors (Lipinski definition) is 2. The van der Waals surface area contributed by atoms with E-state index in [0.29, 0.717) is 13.0 Å². The summed E-state index contributed by atoms with van der Waals surface area (Å²) in [6.07, 6.45) is 5.14. The molecule has 4 heteroatoms. The Labute approximate surface area is 98.1 Å². The average Bonchev–Trinajstić information content (AvgIpc) is 3.08. The second kappa shape index (κ2) is 8.53. The highest BCUT2D eigenvalue weighted by molar-refractivity contribution is 5.75. The first kappa shape index (κ1) is 13.5. The summed E-state index contributed by atoms with van der Waals surface area (Å²) in [5, 5.41) is 6.31. The molecule has 1 rings (SSSR count). The van der Waals surface area contributed by atoms with E-state index in [1.54, 1.807) is 0 Å². The fraction of sp³-hybridized carbons (Fsp3) is 0.917. The summed E-state index contributed by atoms with van der Waals surface area (Å²) < 4.78 is 5.25. The highest BCUT2D eigenvalue weighted by atomic mass is 16.5. The van der Waals surface area contributed by atoms with Gasteiger partial charge in [-0.2, -0.15) is 0 Å². The number of nitrogens with one attached hydrogen (secondary N) is 2. The fourth-order valence-electron chi connectivity index (χ4n) is 1.41. The highest BCUT2D eigenvalue weighted by Gasteiger charge is 2.19. The Morgan fingerprint density at radius 2 is 2.12 bits per heavy atom. The fourth-order valence-corrected chi connectivity index (χ4v) is 1.41. The van der Waals surface area contributed by atoms with Crippen LogP contribution in [-0.4, -0.2) is 38.3 Å². The number of rotatable bonds is 10. The van der Waals surface area contributed by atoms with Crippen LogP contribution >= 0.6 is 0 Å². The largest absolute Gasteiger partial charge is 0.381 e. The van der Waals surface area contributed by atoms with Crippen LogP contribution in [0, 0.1) is 0 Å². The van der Waals surface area contributed by atoms with Gasteiger partial charge in [-0.25, -0.2) is 0 Å². The van der Waals surface area contributed by atoms with Gasteiger partial charge < -0.3 is 15.4 Å². The molecule has 1 aliphatic rings. The monoisotopic (exact) mass is 228 g/mol. The van der Waals surface area contributed by atoms with Gasteiger partial charge in [0.2, 0.25) is 5.91 Å². The Bertz CT molecular complexity index is 193. The van der Waals surface area contributed by atoms with Crippen molar-refractivity contribution in [1.29, 1.82) is 0 Å². The van der Waals surface area contributed by atoms with Crippen LogP contribution in [0.1, 0.15) is 39.0 Å². The van der Waals surface area contributed by atoms with Crippen LogP contribution in [-0.2, 0) is 9.53 Å². The van der Waals surface area contributed by atoms with Gasteiger partial charge in [0.1, 0.15) is 0 Å². The molecule has 0 bridgehead atoms. The number of ether oxygens (including phenoxy) is 1. The molecule has 4 nitrogen and oxygen atoms in total. The van der Waals surface area contributed by atoms with Crippen molar-refractivity contribution in [3.05, 3.63) is 0 Å². The third-order valence-corrected chi connectivity index (χ3v) is 2.51. The maximum Gasteiger partial charge on any atom is 0.222 e. The first-order valence-corrected chi connectivity index (χ1v) is 6.40. The molecule has 1 saturated carbocycles. The molecule has 1 amide bonds. The molecule has 0 radical (unpaired) electrons. The Balaban J connectivity index is 1.77. The van der Waals surface area contributed by atoms with Crippen molar-refractivity contribution >= 4 is 5.91 Å². The lowest BCUT2D eigenvalue weighted by Crippen LogP contribution is -2.28. The minimum Gasteiger partial charge on any atom is -0.381 e. The molecule has 0 aromatic rings. The number of carbonyl (C=O) groups excluding carboxylic acids is 1. The van der Waals surface area contributed by atoms with Crippen LogP contribution in [0.5, 0.6) is 0 Å². The molecule has 0 saturated heterocycles. The van der Waals surface area contributed by atoms with E-state index >= 15 is 0 Å². The van der Waals surface area contributed by atoms with Gasteiger partial charge in [0, 0.05) is 25.6 Å². The van der Waals surface area contributed by atoms with E-state index in [1.807, 2.05) is 0 Å². The first-order valence-electron chi connectivity index (χ1n) is 6.40. The zero-order valence-corrected chi connectivity index (χ0v) is 10.3. The van der Waals surface area contributed by atoms with Gasteiger partial charge in [0.05, 0.1) is 6.61 Å². The average molecular weight is 228 g/mol. The minimum absolute atomic E-state index is 0.0996. The predicted octanol–water partition coefficient (Wildman–Crippen LogP) is 1.06. The molecule has 1 fully saturated rings. The molecule has 0 heterocycles. The Morgan fingerprint density at radius 3 is 2.81 bits per heavy atom.